The Labute approximate surface area is 102 Å². The summed E-state index contributed by atoms with van der Waals surface area (Å²) in [6.45, 7) is 8.27. The van der Waals surface area contributed by atoms with E-state index >= 15 is 0 Å². The van der Waals surface area contributed by atoms with E-state index in [0.29, 0.717) is 6.54 Å². The molecule has 17 heavy (non-hydrogen) atoms. The third-order valence-corrected chi connectivity index (χ3v) is 2.12. The number of aromatic nitrogens is 2. The Bertz CT molecular complexity index is 359. The number of rotatable bonds is 4. The molecule has 1 aromatic rings. The molecule has 0 aromatic carbocycles. The van der Waals surface area contributed by atoms with Gasteiger partial charge in [-0.05, 0) is 33.8 Å². The largest absolute Gasteiger partial charge is 0.350 e. The lowest BCUT2D eigenvalue weighted by Gasteiger charge is -2.23. The van der Waals surface area contributed by atoms with E-state index in [2.05, 4.69) is 20.6 Å². The van der Waals surface area contributed by atoms with Crippen LogP contribution in [0.3, 0.4) is 0 Å². The highest BCUT2D eigenvalue weighted by Gasteiger charge is 2.18. The van der Waals surface area contributed by atoms with Crippen LogP contribution in [0.5, 0.6) is 0 Å². The maximum Gasteiger partial charge on any atom is 0.237 e. The summed E-state index contributed by atoms with van der Waals surface area (Å²) in [4.78, 5) is 19.7. The molecule has 1 aromatic heterocycles. The second-order valence-electron chi connectivity index (χ2n) is 5.04. The van der Waals surface area contributed by atoms with Crippen LogP contribution in [0.15, 0.2) is 18.6 Å². The van der Waals surface area contributed by atoms with Crippen LogP contribution < -0.4 is 10.6 Å². The van der Waals surface area contributed by atoms with E-state index in [4.69, 9.17) is 0 Å². The molecule has 0 aliphatic heterocycles. The molecule has 0 aliphatic rings. The van der Waals surface area contributed by atoms with Crippen molar-refractivity contribution in [2.24, 2.45) is 0 Å². The first kappa shape index (κ1) is 13.6. The lowest BCUT2D eigenvalue weighted by Crippen LogP contribution is -2.49. The van der Waals surface area contributed by atoms with Crippen LogP contribution in [0, 0.1) is 0 Å². The molecule has 1 heterocycles. The summed E-state index contributed by atoms with van der Waals surface area (Å²) in [7, 11) is 0. The summed E-state index contributed by atoms with van der Waals surface area (Å²) in [6.07, 6.45) is 3.18. The van der Waals surface area contributed by atoms with Gasteiger partial charge in [-0.15, -0.1) is 0 Å². The fourth-order valence-corrected chi connectivity index (χ4v) is 1.25. The molecule has 1 rings (SSSR count). The van der Waals surface area contributed by atoms with Gasteiger partial charge in [0, 0.05) is 18.3 Å². The molecule has 1 unspecified atom stereocenters. The predicted molar refractivity (Wildman–Crippen MR) is 66.2 cm³/mol. The van der Waals surface area contributed by atoms with Gasteiger partial charge in [-0.25, -0.2) is 9.97 Å². The average Bonchev–Trinajstić information content (AvgIpc) is 2.25. The third kappa shape index (κ3) is 5.40. The van der Waals surface area contributed by atoms with Crippen LogP contribution in [0.1, 0.15) is 33.4 Å². The van der Waals surface area contributed by atoms with E-state index in [0.717, 1.165) is 5.69 Å². The molecule has 0 aliphatic carbocycles. The number of carbonyl (C=O) groups excluding carboxylic acids is 1. The first-order valence-corrected chi connectivity index (χ1v) is 5.69. The average molecular weight is 236 g/mol. The summed E-state index contributed by atoms with van der Waals surface area (Å²) in [5, 5.41) is 6.04. The van der Waals surface area contributed by atoms with Crippen molar-refractivity contribution in [2.45, 2.75) is 45.8 Å². The summed E-state index contributed by atoms with van der Waals surface area (Å²) >= 11 is 0. The highest BCUT2D eigenvalue weighted by molar-refractivity contribution is 5.81. The van der Waals surface area contributed by atoms with Crippen LogP contribution in [-0.4, -0.2) is 27.5 Å². The van der Waals surface area contributed by atoms with E-state index in [1.807, 2.05) is 33.8 Å². The lowest BCUT2D eigenvalue weighted by atomic mass is 10.1. The Kier molecular flexibility index (Phi) is 4.57. The molecule has 0 fully saturated rings. The van der Waals surface area contributed by atoms with Gasteiger partial charge < -0.3 is 10.6 Å². The van der Waals surface area contributed by atoms with Crippen molar-refractivity contribution in [2.75, 3.05) is 0 Å². The van der Waals surface area contributed by atoms with E-state index < -0.39 is 0 Å². The number of hydrogen-bond donors (Lipinski definition) is 2. The molecular weight excluding hydrogens is 216 g/mol. The number of carbonyl (C=O) groups is 1. The Morgan fingerprint density at radius 1 is 1.47 bits per heavy atom. The van der Waals surface area contributed by atoms with Crippen LogP contribution in [0.4, 0.5) is 0 Å². The molecular formula is C12H20N4O. The summed E-state index contributed by atoms with van der Waals surface area (Å²) < 4.78 is 0. The quantitative estimate of drug-likeness (QED) is 0.814. The van der Waals surface area contributed by atoms with E-state index in [9.17, 15) is 4.79 Å². The molecule has 5 heteroatoms. The molecule has 1 atom stereocenters. The number of nitrogens with zero attached hydrogens (tertiary/aromatic N) is 2. The Morgan fingerprint density at radius 3 is 2.71 bits per heavy atom. The first-order chi connectivity index (χ1) is 7.88. The molecule has 0 saturated carbocycles. The minimum atomic E-state index is -0.246. The zero-order chi connectivity index (χ0) is 12.9. The van der Waals surface area contributed by atoms with Gasteiger partial charge in [0.2, 0.25) is 5.91 Å². The van der Waals surface area contributed by atoms with Crippen molar-refractivity contribution < 1.29 is 4.79 Å². The predicted octanol–water partition coefficient (Wildman–Crippen LogP) is 0.869. The van der Waals surface area contributed by atoms with Crippen LogP contribution in [0.25, 0.3) is 0 Å². The van der Waals surface area contributed by atoms with Crippen molar-refractivity contribution >= 4 is 5.91 Å². The molecule has 2 N–H and O–H groups in total. The van der Waals surface area contributed by atoms with Crippen molar-refractivity contribution in [1.82, 2.24) is 20.6 Å². The van der Waals surface area contributed by atoms with Gasteiger partial charge in [-0.2, -0.15) is 0 Å². The molecule has 0 bridgehead atoms. The highest BCUT2D eigenvalue weighted by atomic mass is 16.2. The second kappa shape index (κ2) is 5.72. The molecule has 1 amide bonds. The lowest BCUT2D eigenvalue weighted by molar-refractivity contribution is -0.124. The van der Waals surface area contributed by atoms with Gasteiger partial charge in [0.1, 0.15) is 6.33 Å². The van der Waals surface area contributed by atoms with Crippen LogP contribution >= 0.6 is 0 Å². The monoisotopic (exact) mass is 236 g/mol. The van der Waals surface area contributed by atoms with Crippen LogP contribution in [0.2, 0.25) is 0 Å². The van der Waals surface area contributed by atoms with Crippen molar-refractivity contribution in [3.63, 3.8) is 0 Å². The van der Waals surface area contributed by atoms with Gasteiger partial charge in [-0.1, -0.05) is 0 Å². The van der Waals surface area contributed by atoms with Gasteiger partial charge in [0.05, 0.1) is 11.7 Å². The van der Waals surface area contributed by atoms with E-state index in [-0.39, 0.29) is 17.5 Å². The SMILES string of the molecule is CC(NCc1ccncn1)C(=O)NC(C)(C)C. The summed E-state index contributed by atoms with van der Waals surface area (Å²) in [6, 6.07) is 1.57. The van der Waals surface area contributed by atoms with Gasteiger partial charge in [0.25, 0.3) is 0 Å². The molecule has 0 radical (unpaired) electrons. The molecule has 0 spiro atoms. The maximum absolute atomic E-state index is 11.8. The number of hydrogen-bond acceptors (Lipinski definition) is 4. The minimum absolute atomic E-state index is 0.00782. The Balaban J connectivity index is 2.40. The smallest absolute Gasteiger partial charge is 0.237 e. The zero-order valence-corrected chi connectivity index (χ0v) is 10.8. The van der Waals surface area contributed by atoms with Gasteiger partial charge in [0.15, 0.2) is 0 Å². The highest BCUT2D eigenvalue weighted by Crippen LogP contribution is 2.00. The van der Waals surface area contributed by atoms with Gasteiger partial charge >= 0.3 is 0 Å². The van der Waals surface area contributed by atoms with Crippen LogP contribution in [-0.2, 0) is 11.3 Å². The normalized spacial score (nSPS) is 13.2. The number of amides is 1. The van der Waals surface area contributed by atoms with Gasteiger partial charge in [-0.3, -0.25) is 4.79 Å². The van der Waals surface area contributed by atoms with E-state index in [1.165, 1.54) is 6.33 Å². The third-order valence-electron chi connectivity index (χ3n) is 2.12. The standard InChI is InChI=1S/C12H20N4O/c1-9(11(17)16-12(2,3)4)14-7-10-5-6-13-8-15-10/h5-6,8-9,14H,7H2,1-4H3,(H,16,17). The second-order valence-corrected chi connectivity index (χ2v) is 5.04. The number of nitrogens with one attached hydrogen (secondary N) is 2. The topological polar surface area (TPSA) is 66.9 Å². The Hall–Kier alpha value is -1.49. The Morgan fingerprint density at radius 2 is 2.18 bits per heavy atom. The van der Waals surface area contributed by atoms with Crippen molar-refractivity contribution in [1.29, 1.82) is 0 Å². The van der Waals surface area contributed by atoms with Crippen molar-refractivity contribution in [3.8, 4) is 0 Å². The van der Waals surface area contributed by atoms with Crippen molar-refractivity contribution in [3.05, 3.63) is 24.3 Å². The fourth-order valence-electron chi connectivity index (χ4n) is 1.25. The fraction of sp³-hybridized carbons (Fsp3) is 0.583. The molecule has 94 valence electrons. The summed E-state index contributed by atoms with van der Waals surface area (Å²) in [5.74, 6) is -0.00782. The zero-order valence-electron chi connectivity index (χ0n) is 10.8. The van der Waals surface area contributed by atoms with E-state index in [1.54, 1.807) is 6.20 Å². The first-order valence-electron chi connectivity index (χ1n) is 5.69. The molecule has 0 saturated heterocycles. The molecule has 5 nitrogen and oxygen atoms in total. The summed E-state index contributed by atoms with van der Waals surface area (Å²) in [5.41, 5.74) is 0.664. The maximum atomic E-state index is 11.8. The minimum Gasteiger partial charge on any atom is -0.350 e.